The highest BCUT2D eigenvalue weighted by Gasteiger charge is 2.16. The summed E-state index contributed by atoms with van der Waals surface area (Å²) < 4.78 is 0. The molecule has 19 heavy (non-hydrogen) atoms. The third-order valence-electron chi connectivity index (χ3n) is 2.29. The van der Waals surface area contributed by atoms with Crippen molar-refractivity contribution in [2.24, 2.45) is 9.98 Å². The van der Waals surface area contributed by atoms with Crippen molar-refractivity contribution in [2.75, 3.05) is 11.5 Å². The van der Waals surface area contributed by atoms with Crippen LogP contribution in [0.15, 0.2) is 25.8 Å². The van der Waals surface area contributed by atoms with Crippen molar-refractivity contribution in [2.45, 2.75) is 30.6 Å². The first-order chi connectivity index (χ1) is 9.19. The van der Waals surface area contributed by atoms with E-state index in [4.69, 9.17) is 0 Å². The van der Waals surface area contributed by atoms with Crippen LogP contribution in [-0.2, 0) is 9.59 Å². The molecule has 0 saturated carbocycles. The Morgan fingerprint density at radius 3 is 2.16 bits per heavy atom. The van der Waals surface area contributed by atoms with Crippen LogP contribution in [0.5, 0.6) is 0 Å². The molecule has 1 rings (SSSR count). The van der Waals surface area contributed by atoms with Crippen molar-refractivity contribution >= 4 is 47.1 Å². The lowest BCUT2D eigenvalue weighted by atomic mass is 10.2. The Balaban J connectivity index is 3.63. The van der Waals surface area contributed by atoms with Gasteiger partial charge in [0.1, 0.15) is 5.69 Å². The topological polar surface area (TPSA) is 58.9 Å². The molecule has 100 valence electrons. The Hall–Kier alpha value is -1.32. The van der Waals surface area contributed by atoms with Gasteiger partial charge in [-0.05, 0) is 30.1 Å². The van der Waals surface area contributed by atoms with Crippen LogP contribution < -0.4 is 0 Å². The van der Waals surface area contributed by atoms with Crippen LogP contribution in [0.2, 0.25) is 0 Å². The van der Waals surface area contributed by atoms with Gasteiger partial charge in [0.25, 0.3) is 0 Å². The van der Waals surface area contributed by atoms with Crippen molar-refractivity contribution < 1.29 is 9.59 Å². The molecular formula is C13H14N2O2S2. The van der Waals surface area contributed by atoms with Crippen LogP contribution in [-0.4, -0.2) is 23.7 Å². The molecule has 0 saturated heterocycles. The van der Waals surface area contributed by atoms with Gasteiger partial charge in [0.05, 0.1) is 10.6 Å². The second kappa shape index (κ2) is 7.97. The summed E-state index contributed by atoms with van der Waals surface area (Å²) in [7, 11) is 0. The number of nitrogens with zero attached hydrogens (tertiary/aromatic N) is 2. The summed E-state index contributed by atoms with van der Waals surface area (Å²) in [5, 5.41) is 0. The molecule has 4 nitrogen and oxygen atoms in total. The van der Waals surface area contributed by atoms with Gasteiger partial charge in [-0.3, -0.25) is 0 Å². The van der Waals surface area contributed by atoms with E-state index in [-0.39, 0.29) is 0 Å². The van der Waals surface area contributed by atoms with Crippen molar-refractivity contribution in [3.63, 3.8) is 0 Å². The molecule has 0 aliphatic heterocycles. The Labute approximate surface area is 120 Å². The summed E-state index contributed by atoms with van der Waals surface area (Å²) in [5.41, 5.74) is 1.96. The number of aliphatic imine (C=N–C) groups is 2. The lowest BCUT2D eigenvalue weighted by molar-refractivity contribution is 0.564. The Bertz CT molecular complexity index is 560. The van der Waals surface area contributed by atoms with E-state index in [0.717, 1.165) is 26.9 Å². The fourth-order valence-electron chi connectivity index (χ4n) is 1.62. The first-order valence-corrected chi connectivity index (χ1v) is 7.75. The third-order valence-corrected chi connectivity index (χ3v) is 4.16. The number of hydrogen-bond donors (Lipinski definition) is 0. The van der Waals surface area contributed by atoms with Gasteiger partial charge in [-0.2, -0.15) is 9.98 Å². The number of thioether (sulfide) groups is 2. The second-order valence-electron chi connectivity index (χ2n) is 3.49. The number of benzene rings is 1. The van der Waals surface area contributed by atoms with Crippen LogP contribution in [0.25, 0.3) is 0 Å². The van der Waals surface area contributed by atoms with Crippen LogP contribution in [0, 0.1) is 6.92 Å². The summed E-state index contributed by atoms with van der Waals surface area (Å²) >= 11 is 3.10. The molecule has 0 N–H and O–H groups in total. The van der Waals surface area contributed by atoms with Gasteiger partial charge in [0.15, 0.2) is 0 Å². The van der Waals surface area contributed by atoms with Crippen LogP contribution in [0.4, 0.5) is 11.4 Å². The molecule has 0 aromatic heterocycles. The van der Waals surface area contributed by atoms with Crippen molar-refractivity contribution in [1.29, 1.82) is 0 Å². The van der Waals surface area contributed by atoms with Crippen molar-refractivity contribution in [1.82, 2.24) is 0 Å². The van der Waals surface area contributed by atoms with Crippen LogP contribution in [0.1, 0.15) is 19.4 Å². The highest BCUT2D eigenvalue weighted by atomic mass is 32.2. The third kappa shape index (κ3) is 3.82. The average Bonchev–Trinajstić information content (AvgIpc) is 2.38. The van der Waals surface area contributed by atoms with Crippen LogP contribution >= 0.6 is 23.5 Å². The Morgan fingerprint density at radius 1 is 1.05 bits per heavy atom. The summed E-state index contributed by atoms with van der Waals surface area (Å²) in [6.45, 7) is 5.89. The van der Waals surface area contributed by atoms with E-state index in [1.807, 2.05) is 26.8 Å². The number of carbonyl (C=O) groups excluding carboxylic acids is 2. The maximum absolute atomic E-state index is 10.6. The molecular weight excluding hydrogens is 280 g/mol. The first-order valence-electron chi connectivity index (χ1n) is 5.78. The fraction of sp³-hybridized carbons (Fsp3) is 0.385. The molecule has 1 aromatic carbocycles. The summed E-state index contributed by atoms with van der Waals surface area (Å²) in [4.78, 5) is 30.4. The zero-order valence-electron chi connectivity index (χ0n) is 11.0. The Kier molecular flexibility index (Phi) is 6.60. The Morgan fingerprint density at radius 2 is 1.63 bits per heavy atom. The molecule has 0 bridgehead atoms. The van der Waals surface area contributed by atoms with Gasteiger partial charge >= 0.3 is 0 Å². The van der Waals surface area contributed by atoms with E-state index in [9.17, 15) is 9.59 Å². The molecule has 6 heteroatoms. The van der Waals surface area contributed by atoms with Gasteiger partial charge in [-0.15, -0.1) is 23.5 Å². The minimum Gasteiger partial charge on any atom is -0.211 e. The number of hydrogen-bond acceptors (Lipinski definition) is 6. The molecule has 0 unspecified atom stereocenters. The lowest BCUT2D eigenvalue weighted by Crippen LogP contribution is -1.87. The molecule has 0 spiro atoms. The monoisotopic (exact) mass is 294 g/mol. The van der Waals surface area contributed by atoms with E-state index < -0.39 is 0 Å². The van der Waals surface area contributed by atoms with Gasteiger partial charge in [-0.1, -0.05) is 13.8 Å². The van der Waals surface area contributed by atoms with Gasteiger partial charge in [0, 0.05) is 4.90 Å². The number of rotatable bonds is 6. The van der Waals surface area contributed by atoms with Crippen molar-refractivity contribution in [3.05, 3.63) is 11.6 Å². The predicted molar refractivity (Wildman–Crippen MR) is 79.5 cm³/mol. The summed E-state index contributed by atoms with van der Waals surface area (Å²) in [5.74, 6) is 1.66. The SMILES string of the molecule is CCSc1cc(C)c(N=C=O)c(SCC)c1N=C=O. The van der Waals surface area contributed by atoms with Gasteiger partial charge in [0.2, 0.25) is 12.2 Å². The second-order valence-corrected chi connectivity index (χ2v) is 6.07. The summed E-state index contributed by atoms with van der Waals surface area (Å²) in [6, 6.07) is 1.89. The van der Waals surface area contributed by atoms with E-state index in [1.54, 1.807) is 23.9 Å². The van der Waals surface area contributed by atoms with Crippen LogP contribution in [0.3, 0.4) is 0 Å². The largest absolute Gasteiger partial charge is 0.240 e. The van der Waals surface area contributed by atoms with E-state index in [0.29, 0.717) is 11.4 Å². The zero-order chi connectivity index (χ0) is 14.3. The maximum Gasteiger partial charge on any atom is 0.240 e. The highest BCUT2D eigenvalue weighted by molar-refractivity contribution is 8.00. The molecule has 0 radical (unpaired) electrons. The highest BCUT2D eigenvalue weighted by Crippen LogP contribution is 2.45. The molecule has 1 aromatic rings. The van der Waals surface area contributed by atoms with E-state index in [2.05, 4.69) is 9.98 Å². The molecule has 0 heterocycles. The standard InChI is InChI=1S/C13H14N2O2S2/c1-4-18-10-6-9(3)11(14-7-16)13(19-5-2)12(10)15-8-17/h6H,4-5H2,1-3H3. The fourth-order valence-corrected chi connectivity index (χ4v) is 3.46. The predicted octanol–water partition coefficient (Wildman–Crippen LogP) is 4.15. The zero-order valence-corrected chi connectivity index (χ0v) is 12.7. The maximum atomic E-state index is 10.6. The number of aryl methyl sites for hydroxylation is 1. The lowest BCUT2D eigenvalue weighted by Gasteiger charge is -2.13. The van der Waals surface area contributed by atoms with Gasteiger partial charge in [-0.25, -0.2) is 9.59 Å². The minimum atomic E-state index is 0.538. The molecule has 0 amide bonds. The average molecular weight is 294 g/mol. The minimum absolute atomic E-state index is 0.538. The number of isocyanates is 2. The van der Waals surface area contributed by atoms with Gasteiger partial charge < -0.3 is 0 Å². The molecule has 0 aliphatic carbocycles. The quantitative estimate of drug-likeness (QED) is 0.449. The molecule has 0 aliphatic rings. The van der Waals surface area contributed by atoms with Crippen molar-refractivity contribution in [3.8, 4) is 0 Å². The van der Waals surface area contributed by atoms with E-state index in [1.165, 1.54) is 11.8 Å². The summed E-state index contributed by atoms with van der Waals surface area (Å²) in [6.07, 6.45) is 3.14. The normalized spacial score (nSPS) is 9.63. The molecule has 0 atom stereocenters. The smallest absolute Gasteiger partial charge is 0.211 e. The van der Waals surface area contributed by atoms with E-state index >= 15 is 0 Å². The first kappa shape index (κ1) is 15.7. The molecule has 0 fully saturated rings.